The molecule has 0 aliphatic heterocycles. The quantitative estimate of drug-likeness (QED) is 0.630. The molecule has 0 bridgehead atoms. The molecule has 0 spiro atoms. The predicted molar refractivity (Wildman–Crippen MR) is 93.7 cm³/mol. The van der Waals surface area contributed by atoms with Crippen molar-refractivity contribution in [1.82, 2.24) is 4.57 Å². The minimum atomic E-state index is -0.212. The van der Waals surface area contributed by atoms with E-state index in [4.69, 9.17) is 0 Å². The third-order valence-electron chi connectivity index (χ3n) is 3.42. The Morgan fingerprint density at radius 2 is 1.82 bits per heavy atom. The van der Waals surface area contributed by atoms with E-state index in [9.17, 15) is 10.1 Å². The highest BCUT2D eigenvalue weighted by Gasteiger charge is 2.17. The molecule has 1 heterocycles. The Bertz CT molecular complexity index is 955. The second kappa shape index (κ2) is 5.99. The van der Waals surface area contributed by atoms with Crippen molar-refractivity contribution < 1.29 is 0 Å². The predicted octanol–water partition coefficient (Wildman–Crippen LogP) is 4.35. The van der Waals surface area contributed by atoms with Gasteiger partial charge in [-0.2, -0.15) is 5.26 Å². The molecule has 3 nitrogen and oxygen atoms in total. The summed E-state index contributed by atoms with van der Waals surface area (Å²) in [5.41, 5.74) is 1.70. The van der Waals surface area contributed by atoms with Gasteiger partial charge in [0.05, 0.1) is 5.52 Å². The van der Waals surface area contributed by atoms with Crippen LogP contribution in [0.15, 0.2) is 62.8 Å². The topological polar surface area (TPSA) is 45.8 Å². The number of rotatable bonds is 2. The fourth-order valence-electron chi connectivity index (χ4n) is 2.45. The van der Waals surface area contributed by atoms with Crippen LogP contribution in [-0.4, -0.2) is 10.8 Å². The molecule has 0 unspecified atom stereocenters. The van der Waals surface area contributed by atoms with E-state index >= 15 is 0 Å². The molecular weight excluding hydrogens is 360 g/mol. The van der Waals surface area contributed by atoms with Crippen molar-refractivity contribution in [2.45, 2.75) is 5.03 Å². The molecule has 0 amide bonds. The van der Waals surface area contributed by atoms with Crippen LogP contribution in [0.1, 0.15) is 5.56 Å². The number of halogens is 1. The molecular formula is C17H11BrN2OS. The highest BCUT2D eigenvalue weighted by atomic mass is 79.9. The summed E-state index contributed by atoms with van der Waals surface area (Å²) in [6.07, 6.45) is 1.87. The maximum Gasteiger partial charge on any atom is 0.208 e. The van der Waals surface area contributed by atoms with Gasteiger partial charge in [0.25, 0.3) is 0 Å². The van der Waals surface area contributed by atoms with E-state index in [1.165, 1.54) is 11.8 Å². The molecule has 108 valence electrons. The molecule has 1 aromatic heterocycles. The average Bonchev–Trinajstić information content (AvgIpc) is 2.56. The maximum absolute atomic E-state index is 12.5. The molecule has 0 N–H and O–H groups in total. The first-order valence-corrected chi connectivity index (χ1v) is 8.57. The molecule has 0 aliphatic carbocycles. The summed E-state index contributed by atoms with van der Waals surface area (Å²) in [5.74, 6) is 0. The Hall–Kier alpha value is -2.03. The molecule has 2 aromatic carbocycles. The van der Waals surface area contributed by atoms with Gasteiger partial charge in [0.15, 0.2) is 0 Å². The first kappa shape index (κ1) is 14.9. The molecule has 0 saturated carbocycles. The number of fused-ring (bicyclic) bond motifs is 1. The monoisotopic (exact) mass is 370 g/mol. The van der Waals surface area contributed by atoms with Crippen molar-refractivity contribution in [2.75, 3.05) is 6.26 Å². The average molecular weight is 371 g/mol. The van der Waals surface area contributed by atoms with E-state index in [1.54, 1.807) is 6.07 Å². The van der Waals surface area contributed by atoms with Crippen LogP contribution in [0.3, 0.4) is 0 Å². The van der Waals surface area contributed by atoms with Crippen molar-refractivity contribution in [2.24, 2.45) is 0 Å². The zero-order valence-corrected chi connectivity index (χ0v) is 14.1. The molecule has 3 aromatic rings. The summed E-state index contributed by atoms with van der Waals surface area (Å²) in [5, 5.41) is 10.6. The fraction of sp³-hybridized carbons (Fsp3) is 0.0588. The molecule has 3 rings (SSSR count). The van der Waals surface area contributed by atoms with Crippen molar-refractivity contribution in [3.63, 3.8) is 0 Å². The van der Waals surface area contributed by atoms with Gasteiger partial charge in [-0.15, -0.1) is 11.8 Å². The van der Waals surface area contributed by atoms with E-state index in [1.807, 2.05) is 53.3 Å². The van der Waals surface area contributed by atoms with E-state index in [-0.39, 0.29) is 11.0 Å². The normalized spacial score (nSPS) is 10.6. The summed E-state index contributed by atoms with van der Waals surface area (Å²) >= 11 is 4.83. The first-order valence-electron chi connectivity index (χ1n) is 6.55. The van der Waals surface area contributed by atoms with Gasteiger partial charge < -0.3 is 4.57 Å². The Morgan fingerprint density at radius 3 is 2.45 bits per heavy atom. The number of hydrogen-bond acceptors (Lipinski definition) is 3. The Balaban J connectivity index is 2.52. The minimum Gasteiger partial charge on any atom is -0.303 e. The lowest BCUT2D eigenvalue weighted by Crippen LogP contribution is -2.15. The van der Waals surface area contributed by atoms with Crippen molar-refractivity contribution >= 4 is 38.6 Å². The number of nitrogens with zero attached hydrogens (tertiary/aromatic N) is 2. The molecule has 22 heavy (non-hydrogen) atoms. The zero-order chi connectivity index (χ0) is 15.7. The van der Waals surface area contributed by atoms with Crippen LogP contribution in [-0.2, 0) is 0 Å². The van der Waals surface area contributed by atoms with E-state index < -0.39 is 0 Å². The summed E-state index contributed by atoms with van der Waals surface area (Å²) in [4.78, 5) is 12.5. The molecule has 5 heteroatoms. The maximum atomic E-state index is 12.5. The van der Waals surface area contributed by atoms with E-state index in [2.05, 4.69) is 22.0 Å². The largest absolute Gasteiger partial charge is 0.303 e. The third-order valence-corrected chi connectivity index (χ3v) is 4.73. The summed E-state index contributed by atoms with van der Waals surface area (Å²) in [6, 6.07) is 17.2. The first-order chi connectivity index (χ1) is 10.7. The van der Waals surface area contributed by atoms with Gasteiger partial charge >= 0.3 is 0 Å². The number of aromatic nitrogens is 1. The smallest absolute Gasteiger partial charge is 0.208 e. The summed E-state index contributed by atoms with van der Waals surface area (Å²) in [7, 11) is 0. The lowest BCUT2D eigenvalue weighted by Gasteiger charge is -2.17. The molecule has 0 atom stereocenters. The van der Waals surface area contributed by atoms with Crippen LogP contribution < -0.4 is 5.43 Å². The van der Waals surface area contributed by atoms with Gasteiger partial charge in [-0.3, -0.25) is 4.79 Å². The third kappa shape index (κ3) is 2.35. The van der Waals surface area contributed by atoms with Gasteiger partial charge in [-0.25, -0.2) is 0 Å². The Kier molecular flexibility index (Phi) is 4.06. The second-order valence-corrected chi connectivity index (χ2v) is 6.36. The van der Waals surface area contributed by atoms with Gasteiger partial charge in [-0.05, 0) is 42.7 Å². The highest BCUT2D eigenvalue weighted by molar-refractivity contribution is 9.10. The van der Waals surface area contributed by atoms with Crippen molar-refractivity contribution in [1.29, 1.82) is 5.26 Å². The zero-order valence-electron chi connectivity index (χ0n) is 11.7. The van der Waals surface area contributed by atoms with Crippen LogP contribution in [0.5, 0.6) is 0 Å². The second-order valence-electron chi connectivity index (χ2n) is 4.65. The van der Waals surface area contributed by atoms with Gasteiger partial charge in [0, 0.05) is 15.5 Å². The van der Waals surface area contributed by atoms with Crippen molar-refractivity contribution in [3.8, 4) is 11.8 Å². The lowest BCUT2D eigenvalue weighted by atomic mass is 10.1. The van der Waals surface area contributed by atoms with Gasteiger partial charge in [0.2, 0.25) is 5.43 Å². The number of hydrogen-bond donors (Lipinski definition) is 0. The lowest BCUT2D eigenvalue weighted by molar-refractivity contribution is 0.949. The van der Waals surface area contributed by atoms with E-state index in [0.29, 0.717) is 10.4 Å². The highest BCUT2D eigenvalue weighted by Crippen LogP contribution is 2.28. The Labute approximate surface area is 140 Å². The molecule has 0 radical (unpaired) electrons. The molecule has 0 fully saturated rings. The van der Waals surface area contributed by atoms with Crippen LogP contribution in [0.25, 0.3) is 16.6 Å². The van der Waals surface area contributed by atoms with Gasteiger partial charge in [0.1, 0.15) is 16.7 Å². The number of para-hydroxylation sites is 1. The molecule has 0 saturated heterocycles. The SMILES string of the molecule is CSc1c(C#N)c(=O)c2ccccc2n1-c1ccc(Br)cc1. The number of nitriles is 1. The Morgan fingerprint density at radius 1 is 1.14 bits per heavy atom. The number of benzene rings is 2. The van der Waals surface area contributed by atoms with Crippen LogP contribution in [0.2, 0.25) is 0 Å². The number of thioether (sulfide) groups is 1. The number of pyridine rings is 1. The van der Waals surface area contributed by atoms with Crippen molar-refractivity contribution in [3.05, 3.63) is 68.8 Å². The van der Waals surface area contributed by atoms with E-state index in [0.717, 1.165) is 15.7 Å². The fourth-order valence-corrected chi connectivity index (χ4v) is 3.45. The van der Waals surface area contributed by atoms with Crippen LogP contribution >= 0.6 is 27.7 Å². The summed E-state index contributed by atoms with van der Waals surface area (Å²) < 4.78 is 2.94. The van der Waals surface area contributed by atoms with Crippen LogP contribution in [0, 0.1) is 11.3 Å². The van der Waals surface area contributed by atoms with Gasteiger partial charge in [-0.1, -0.05) is 28.1 Å². The molecule has 0 aliphatic rings. The summed E-state index contributed by atoms with van der Waals surface area (Å²) in [6.45, 7) is 0. The van der Waals surface area contributed by atoms with Crippen LogP contribution in [0.4, 0.5) is 0 Å². The minimum absolute atomic E-state index is 0.189. The standard InChI is InChI=1S/C17H11BrN2OS/c1-22-17-14(10-19)16(21)13-4-2-3-5-15(13)20(17)12-8-6-11(18)7-9-12/h2-9H,1H3.